The summed E-state index contributed by atoms with van der Waals surface area (Å²) < 4.78 is 33.7. The number of esters is 2. The van der Waals surface area contributed by atoms with Crippen LogP contribution in [0.15, 0.2) is 97.2 Å². The molecule has 9 nitrogen and oxygen atoms in total. The molecule has 0 bridgehead atoms. The quantitative estimate of drug-likeness (QED) is 0.0209. The molecule has 0 aromatic rings. The molecule has 2 atom stereocenters. The van der Waals surface area contributed by atoms with Crippen molar-refractivity contribution in [3.63, 3.8) is 0 Å². The van der Waals surface area contributed by atoms with E-state index in [1.807, 2.05) is 27.2 Å². The topological polar surface area (TPSA) is 111 Å². The number of quaternary nitrogens is 1. The third kappa shape index (κ3) is 38.6. The lowest BCUT2D eigenvalue weighted by Crippen LogP contribution is -2.37. The first-order chi connectivity index (χ1) is 26.0. The molecule has 0 rings (SSSR count). The molecule has 2 unspecified atom stereocenters. The lowest BCUT2D eigenvalue weighted by Gasteiger charge is -2.28. The zero-order valence-corrected chi connectivity index (χ0v) is 35.0. The number of carbonyl (C=O) groups is 2. The number of hydrogen-bond donors (Lipinski definition) is 0. The summed E-state index contributed by atoms with van der Waals surface area (Å²) in [5.41, 5.74) is 0. The first-order valence-electron chi connectivity index (χ1n) is 19.9. The molecule has 0 aliphatic rings. The normalized spacial score (nSPS) is 14.7. The van der Waals surface area contributed by atoms with E-state index in [2.05, 4.69) is 105 Å². The SMILES string of the molecule is CC/C=C\C/C=C\C/C=C\C/C=C\C/C=C\CCCC(=O)OC(COC(=O)CCCCC/C=C\C/C=C\C/C=C\CC)COP(=O)([O-])OCC[N+](C)(C)C. The smallest absolute Gasteiger partial charge is 0.306 e. The number of phosphoric acid groups is 1. The van der Waals surface area contributed by atoms with E-state index in [9.17, 15) is 19.0 Å². The molecule has 0 aliphatic carbocycles. The highest BCUT2D eigenvalue weighted by molar-refractivity contribution is 7.45. The third-order valence-corrected chi connectivity index (χ3v) is 8.56. The van der Waals surface area contributed by atoms with Crippen molar-refractivity contribution in [2.75, 3.05) is 47.5 Å². The highest BCUT2D eigenvalue weighted by atomic mass is 31.2. The molecule has 0 N–H and O–H groups in total. The van der Waals surface area contributed by atoms with E-state index in [-0.39, 0.29) is 26.1 Å². The predicted molar refractivity (Wildman–Crippen MR) is 222 cm³/mol. The lowest BCUT2D eigenvalue weighted by molar-refractivity contribution is -0.870. The number of carbonyl (C=O) groups excluding carboxylic acids is 2. The van der Waals surface area contributed by atoms with Crippen LogP contribution in [-0.4, -0.2) is 70.0 Å². The number of rotatable bonds is 34. The van der Waals surface area contributed by atoms with Crippen molar-refractivity contribution in [3.05, 3.63) is 97.2 Å². The molecule has 0 fully saturated rings. The molecule has 0 heterocycles. The Morgan fingerprint density at radius 3 is 1.50 bits per heavy atom. The summed E-state index contributed by atoms with van der Waals surface area (Å²) in [5.74, 6) is -0.952. The summed E-state index contributed by atoms with van der Waals surface area (Å²) in [5, 5.41) is 0. The van der Waals surface area contributed by atoms with Crippen LogP contribution in [0.5, 0.6) is 0 Å². The van der Waals surface area contributed by atoms with Crippen LogP contribution in [0.25, 0.3) is 0 Å². The van der Waals surface area contributed by atoms with Gasteiger partial charge in [0.05, 0.1) is 27.7 Å². The Morgan fingerprint density at radius 2 is 1.02 bits per heavy atom. The summed E-state index contributed by atoms with van der Waals surface area (Å²) in [6, 6.07) is 0. The molecule has 10 heteroatoms. The molecule has 0 aliphatic heterocycles. The largest absolute Gasteiger partial charge is 0.756 e. The highest BCUT2D eigenvalue weighted by Crippen LogP contribution is 2.38. The summed E-state index contributed by atoms with van der Waals surface area (Å²) in [7, 11) is 1.09. The maximum Gasteiger partial charge on any atom is 0.306 e. The first-order valence-corrected chi connectivity index (χ1v) is 21.4. The standard InChI is InChI=1S/C44H72NO8P/c1-6-8-10-12-14-16-18-20-21-22-23-25-27-29-31-33-35-37-44(47)53-42(41-52-54(48,49)51-39-38-45(3,4)5)40-50-43(46)36-34-32-30-28-26-24-19-17-15-13-11-9-7-2/h8-11,14-17,20-21,23-26,29,31,42H,6-7,12-13,18-19,22,27-28,30,32-41H2,1-5H3/b10-8-,11-9-,16-14-,17-15-,21-20-,25-23-,26-24-,31-29-. The van der Waals surface area contributed by atoms with Crippen LogP contribution in [0.1, 0.15) is 117 Å². The van der Waals surface area contributed by atoms with Gasteiger partial charge in [-0.25, -0.2) is 0 Å². The van der Waals surface area contributed by atoms with Crippen molar-refractivity contribution in [2.24, 2.45) is 0 Å². The van der Waals surface area contributed by atoms with Crippen molar-refractivity contribution in [3.8, 4) is 0 Å². The minimum atomic E-state index is -4.65. The summed E-state index contributed by atoms with van der Waals surface area (Å²) in [6.45, 7) is 3.85. The van der Waals surface area contributed by atoms with Gasteiger partial charge in [-0.3, -0.25) is 14.2 Å². The molecule has 0 saturated heterocycles. The number of nitrogens with zero attached hydrogens (tertiary/aromatic N) is 1. The van der Waals surface area contributed by atoms with Gasteiger partial charge in [0.2, 0.25) is 0 Å². The zero-order valence-electron chi connectivity index (χ0n) is 34.1. The maximum atomic E-state index is 12.6. The lowest BCUT2D eigenvalue weighted by atomic mass is 10.1. The molecule has 0 spiro atoms. The monoisotopic (exact) mass is 773 g/mol. The number of allylic oxidation sites excluding steroid dienone is 16. The van der Waals surface area contributed by atoms with Gasteiger partial charge in [-0.05, 0) is 83.5 Å². The Labute approximate surface area is 328 Å². The number of likely N-dealkylation sites (N-methyl/N-ethyl adjacent to an activating group) is 1. The maximum absolute atomic E-state index is 12.6. The second kappa shape index (κ2) is 35.6. The molecule has 0 saturated carbocycles. The van der Waals surface area contributed by atoms with E-state index < -0.39 is 32.5 Å². The average Bonchev–Trinajstić information content (AvgIpc) is 3.12. The van der Waals surface area contributed by atoms with Crippen molar-refractivity contribution >= 4 is 19.8 Å². The van der Waals surface area contributed by atoms with Crippen LogP contribution < -0.4 is 4.89 Å². The first kappa shape index (κ1) is 50.9. The van der Waals surface area contributed by atoms with E-state index in [4.69, 9.17) is 18.5 Å². The molecule has 0 amide bonds. The molecule has 0 radical (unpaired) electrons. The van der Waals surface area contributed by atoms with E-state index in [1.165, 1.54) is 0 Å². The van der Waals surface area contributed by atoms with E-state index in [1.54, 1.807) is 0 Å². The van der Waals surface area contributed by atoms with Gasteiger partial charge in [-0.15, -0.1) is 0 Å². The van der Waals surface area contributed by atoms with Gasteiger partial charge in [0.25, 0.3) is 7.82 Å². The Morgan fingerprint density at radius 1 is 0.574 bits per heavy atom. The van der Waals surface area contributed by atoms with Gasteiger partial charge in [0.1, 0.15) is 19.8 Å². The Balaban J connectivity index is 4.59. The van der Waals surface area contributed by atoms with Gasteiger partial charge in [0, 0.05) is 12.8 Å². The van der Waals surface area contributed by atoms with Crippen molar-refractivity contribution < 1.29 is 42.1 Å². The fourth-order valence-corrected chi connectivity index (χ4v) is 5.25. The van der Waals surface area contributed by atoms with Crippen LogP contribution in [-0.2, 0) is 32.7 Å². The third-order valence-electron chi connectivity index (χ3n) is 7.60. The fourth-order valence-electron chi connectivity index (χ4n) is 4.52. The molecule has 0 aromatic carbocycles. The number of phosphoric ester groups is 1. The second-order valence-electron chi connectivity index (χ2n) is 13.9. The predicted octanol–water partition coefficient (Wildman–Crippen LogP) is 10.4. The molecule has 54 heavy (non-hydrogen) atoms. The van der Waals surface area contributed by atoms with Crippen LogP contribution in [0.4, 0.5) is 0 Å². The molecule has 306 valence electrons. The number of unbranched alkanes of at least 4 members (excludes halogenated alkanes) is 4. The molecular formula is C44H72NO8P. The zero-order chi connectivity index (χ0) is 40.0. The van der Waals surface area contributed by atoms with Crippen LogP contribution in [0, 0.1) is 0 Å². The number of hydrogen-bond acceptors (Lipinski definition) is 8. The van der Waals surface area contributed by atoms with Gasteiger partial charge in [0.15, 0.2) is 6.10 Å². The minimum absolute atomic E-state index is 0.0523. The summed E-state index contributed by atoms with van der Waals surface area (Å²) in [4.78, 5) is 37.4. The van der Waals surface area contributed by atoms with Gasteiger partial charge in [-0.1, -0.05) is 117 Å². The van der Waals surface area contributed by atoms with Crippen molar-refractivity contribution in [2.45, 2.75) is 123 Å². The average molecular weight is 774 g/mol. The van der Waals surface area contributed by atoms with Crippen molar-refractivity contribution in [1.29, 1.82) is 0 Å². The Hall–Kier alpha value is -3.07. The van der Waals surface area contributed by atoms with Crippen LogP contribution in [0.2, 0.25) is 0 Å². The van der Waals surface area contributed by atoms with E-state index in [0.717, 1.165) is 70.6 Å². The van der Waals surface area contributed by atoms with Gasteiger partial charge < -0.3 is 27.9 Å². The Kier molecular flexibility index (Phi) is 33.6. The fraction of sp³-hybridized carbons (Fsp3) is 0.591. The Bertz CT molecular complexity index is 1240. The number of ether oxygens (including phenoxy) is 2. The van der Waals surface area contributed by atoms with Gasteiger partial charge >= 0.3 is 11.9 Å². The minimum Gasteiger partial charge on any atom is -0.756 e. The highest BCUT2D eigenvalue weighted by Gasteiger charge is 2.21. The van der Waals surface area contributed by atoms with Gasteiger partial charge in [-0.2, -0.15) is 0 Å². The van der Waals surface area contributed by atoms with Crippen molar-refractivity contribution in [1.82, 2.24) is 0 Å². The van der Waals surface area contributed by atoms with Crippen LogP contribution >= 0.6 is 7.82 Å². The summed E-state index contributed by atoms with van der Waals surface area (Å²) >= 11 is 0. The molecule has 0 aromatic heterocycles. The van der Waals surface area contributed by atoms with E-state index >= 15 is 0 Å². The summed E-state index contributed by atoms with van der Waals surface area (Å²) in [6.07, 6.45) is 45.9. The second-order valence-corrected chi connectivity index (χ2v) is 15.3. The molecular weight excluding hydrogens is 701 g/mol. The van der Waals surface area contributed by atoms with E-state index in [0.29, 0.717) is 30.3 Å². The van der Waals surface area contributed by atoms with Crippen LogP contribution in [0.3, 0.4) is 0 Å².